The molecule has 0 bridgehead atoms. The van der Waals surface area contributed by atoms with E-state index in [0.717, 1.165) is 0 Å². The van der Waals surface area contributed by atoms with E-state index in [2.05, 4.69) is 4.40 Å². The lowest BCUT2D eigenvalue weighted by molar-refractivity contribution is 0.666. The van der Waals surface area contributed by atoms with Crippen molar-refractivity contribution in [3.63, 3.8) is 0 Å². The fourth-order valence-corrected chi connectivity index (χ4v) is 1.55. The molecular weight excluding hydrogens is 158 g/mol. The number of rotatable bonds is 4. The van der Waals surface area contributed by atoms with Crippen molar-refractivity contribution in [2.45, 2.75) is 27.7 Å². The summed E-state index contributed by atoms with van der Waals surface area (Å²) in [5, 5.41) is 0. The van der Waals surface area contributed by atoms with Crippen molar-refractivity contribution >= 4 is 17.2 Å². The largest absolute Gasteiger partial charge is 0.235 e. The van der Waals surface area contributed by atoms with Crippen LogP contribution < -0.4 is 0 Å². The maximum absolute atomic E-state index is 11.1. The van der Waals surface area contributed by atoms with Gasteiger partial charge in [0, 0.05) is 12.0 Å². The predicted molar refractivity (Wildman–Crippen MR) is 51.2 cm³/mol. The van der Waals surface area contributed by atoms with Crippen LogP contribution in [0.15, 0.2) is 4.40 Å². The van der Waals surface area contributed by atoms with Gasteiger partial charge in [-0.05, 0) is 11.8 Å². The van der Waals surface area contributed by atoms with Gasteiger partial charge < -0.3 is 0 Å². The molecule has 0 aromatic heterocycles. The molecule has 0 aromatic carbocycles. The number of nitrogens with zero attached hydrogens (tertiary/aromatic N) is 1. The Balaban J connectivity index is 3.69. The van der Waals surface area contributed by atoms with Crippen LogP contribution in [0.2, 0.25) is 0 Å². The Morgan fingerprint density at radius 3 is 2.27 bits per heavy atom. The molecule has 0 unspecified atom stereocenters. The van der Waals surface area contributed by atoms with Crippen LogP contribution in [0.4, 0.5) is 0 Å². The summed E-state index contributed by atoms with van der Waals surface area (Å²) >= 11 is 0. The molecule has 3 heteroatoms. The molecular formula is C8H17NOS. The average molecular weight is 175 g/mol. The van der Waals surface area contributed by atoms with Crippen molar-refractivity contribution in [1.82, 2.24) is 0 Å². The quantitative estimate of drug-likeness (QED) is 0.601. The standard InChI is InChI=1S/C8H17NOS/c1-7(2)5-9-11(10)6-8(3)4/h5,7-8H,6H2,1-4H3/b9-5+/t11-/m0/s1. The van der Waals surface area contributed by atoms with E-state index in [0.29, 0.717) is 17.6 Å². The summed E-state index contributed by atoms with van der Waals surface area (Å²) in [4.78, 5) is 0. The second kappa shape index (κ2) is 5.47. The van der Waals surface area contributed by atoms with Crippen LogP contribution in [0.1, 0.15) is 27.7 Å². The van der Waals surface area contributed by atoms with Gasteiger partial charge in [0.2, 0.25) is 0 Å². The Bertz CT molecular complexity index is 152. The summed E-state index contributed by atoms with van der Waals surface area (Å²) in [7, 11) is -1.00. The zero-order valence-corrected chi connectivity index (χ0v) is 8.52. The monoisotopic (exact) mass is 175 g/mol. The first kappa shape index (κ1) is 10.8. The molecule has 66 valence electrons. The third-order valence-electron chi connectivity index (χ3n) is 0.952. The van der Waals surface area contributed by atoms with E-state index in [4.69, 9.17) is 0 Å². The van der Waals surface area contributed by atoms with E-state index in [1.165, 1.54) is 0 Å². The molecule has 0 N–H and O–H groups in total. The Kier molecular flexibility index (Phi) is 5.38. The lowest BCUT2D eigenvalue weighted by Crippen LogP contribution is -2.02. The third kappa shape index (κ3) is 7.72. The van der Waals surface area contributed by atoms with Gasteiger partial charge in [0.15, 0.2) is 0 Å². The van der Waals surface area contributed by atoms with Gasteiger partial charge in [-0.2, -0.15) is 4.40 Å². The van der Waals surface area contributed by atoms with Gasteiger partial charge in [-0.25, -0.2) is 4.21 Å². The van der Waals surface area contributed by atoms with Crippen molar-refractivity contribution in [1.29, 1.82) is 0 Å². The van der Waals surface area contributed by atoms with Crippen LogP contribution in [-0.2, 0) is 11.0 Å². The van der Waals surface area contributed by atoms with Crippen molar-refractivity contribution < 1.29 is 4.21 Å². The highest BCUT2D eigenvalue weighted by Gasteiger charge is 1.99. The maximum Gasteiger partial charge on any atom is 0.139 e. The molecule has 0 aromatic rings. The predicted octanol–water partition coefficient (Wildman–Crippen LogP) is 2.03. The van der Waals surface area contributed by atoms with Gasteiger partial charge in [0.1, 0.15) is 11.0 Å². The first-order valence-corrected chi connectivity index (χ1v) is 5.22. The molecule has 0 saturated carbocycles. The molecule has 0 radical (unpaired) electrons. The van der Waals surface area contributed by atoms with Crippen molar-refractivity contribution in [3.8, 4) is 0 Å². The SMILES string of the molecule is CC(C)/C=N/[S@@](=O)CC(C)C. The fourth-order valence-electron chi connectivity index (χ4n) is 0.518. The molecule has 0 aliphatic heterocycles. The Hall–Kier alpha value is -0.180. The Labute approximate surface area is 71.7 Å². The molecule has 0 aliphatic rings. The van der Waals surface area contributed by atoms with E-state index >= 15 is 0 Å². The normalized spacial score (nSPS) is 15.1. The zero-order valence-electron chi connectivity index (χ0n) is 7.70. The van der Waals surface area contributed by atoms with E-state index in [9.17, 15) is 4.21 Å². The minimum Gasteiger partial charge on any atom is -0.235 e. The fraction of sp³-hybridized carbons (Fsp3) is 0.875. The third-order valence-corrected chi connectivity index (χ3v) is 2.26. The van der Waals surface area contributed by atoms with Crippen molar-refractivity contribution in [2.24, 2.45) is 16.2 Å². The van der Waals surface area contributed by atoms with Crippen molar-refractivity contribution in [2.75, 3.05) is 5.75 Å². The molecule has 11 heavy (non-hydrogen) atoms. The van der Waals surface area contributed by atoms with E-state index < -0.39 is 11.0 Å². The lowest BCUT2D eigenvalue weighted by atomic mass is 10.3. The highest BCUT2D eigenvalue weighted by Crippen LogP contribution is 1.97. The summed E-state index contributed by atoms with van der Waals surface area (Å²) in [5.41, 5.74) is 0. The Morgan fingerprint density at radius 2 is 1.91 bits per heavy atom. The highest BCUT2D eigenvalue weighted by molar-refractivity contribution is 7.83. The zero-order chi connectivity index (χ0) is 8.85. The first-order chi connectivity index (χ1) is 5.02. The lowest BCUT2D eigenvalue weighted by Gasteiger charge is -1.99. The number of hydrogen-bond donors (Lipinski definition) is 0. The molecule has 1 atom stereocenters. The van der Waals surface area contributed by atoms with Gasteiger partial charge in [0.25, 0.3) is 0 Å². The molecule has 0 rings (SSSR count). The molecule has 0 heterocycles. The Morgan fingerprint density at radius 1 is 1.36 bits per heavy atom. The summed E-state index contributed by atoms with van der Waals surface area (Å²) in [6.07, 6.45) is 1.75. The van der Waals surface area contributed by atoms with Crippen LogP contribution >= 0.6 is 0 Å². The maximum atomic E-state index is 11.1. The molecule has 0 spiro atoms. The van der Waals surface area contributed by atoms with Gasteiger partial charge in [-0.3, -0.25) is 0 Å². The van der Waals surface area contributed by atoms with Gasteiger partial charge >= 0.3 is 0 Å². The van der Waals surface area contributed by atoms with Gasteiger partial charge in [0.05, 0.1) is 0 Å². The van der Waals surface area contributed by atoms with Gasteiger partial charge in [-0.1, -0.05) is 27.7 Å². The van der Waals surface area contributed by atoms with Crippen molar-refractivity contribution in [3.05, 3.63) is 0 Å². The smallest absolute Gasteiger partial charge is 0.139 e. The van der Waals surface area contributed by atoms with E-state index in [1.807, 2.05) is 27.7 Å². The minimum absolute atomic E-state index is 0.395. The highest BCUT2D eigenvalue weighted by atomic mass is 32.2. The van der Waals surface area contributed by atoms with Crippen LogP contribution in [0, 0.1) is 11.8 Å². The molecule has 0 saturated heterocycles. The summed E-state index contributed by atoms with van der Waals surface area (Å²) in [6, 6.07) is 0. The van der Waals surface area contributed by atoms with Crippen LogP contribution in [0.3, 0.4) is 0 Å². The molecule has 0 aliphatic carbocycles. The summed E-state index contributed by atoms with van der Waals surface area (Å²) < 4.78 is 15.0. The number of hydrogen-bond acceptors (Lipinski definition) is 1. The second-order valence-corrected chi connectivity index (χ2v) is 4.57. The molecule has 0 fully saturated rings. The summed E-state index contributed by atoms with van der Waals surface area (Å²) in [6.45, 7) is 8.14. The first-order valence-electron chi connectivity index (χ1n) is 3.95. The summed E-state index contributed by atoms with van der Waals surface area (Å²) in [5.74, 6) is 1.52. The van der Waals surface area contributed by atoms with Crippen LogP contribution in [0.25, 0.3) is 0 Å². The minimum atomic E-state index is -1.00. The molecule has 2 nitrogen and oxygen atoms in total. The van der Waals surface area contributed by atoms with E-state index in [1.54, 1.807) is 6.21 Å². The van der Waals surface area contributed by atoms with Crippen LogP contribution in [0.5, 0.6) is 0 Å². The van der Waals surface area contributed by atoms with Gasteiger partial charge in [-0.15, -0.1) is 0 Å². The average Bonchev–Trinajstić information content (AvgIpc) is 1.82. The van der Waals surface area contributed by atoms with Crippen LogP contribution in [-0.4, -0.2) is 16.2 Å². The topological polar surface area (TPSA) is 29.4 Å². The van der Waals surface area contributed by atoms with E-state index in [-0.39, 0.29) is 0 Å². The molecule has 0 amide bonds. The second-order valence-electron chi connectivity index (χ2n) is 3.38.